The minimum Gasteiger partial charge on any atom is -0.445 e. The zero-order valence-electron chi connectivity index (χ0n) is 13.0. The fourth-order valence-corrected chi connectivity index (χ4v) is 3.40. The Balaban J connectivity index is 2.48. The van der Waals surface area contributed by atoms with Crippen molar-refractivity contribution >= 4 is 17.4 Å². The molecular formula is C17H15N3O3. The molecule has 6 nitrogen and oxygen atoms in total. The Morgan fingerprint density at radius 3 is 2.70 bits per heavy atom. The van der Waals surface area contributed by atoms with Gasteiger partial charge in [0.25, 0.3) is 0 Å². The van der Waals surface area contributed by atoms with Crippen molar-refractivity contribution in [2.75, 3.05) is 5.32 Å². The Hall–Kier alpha value is -3.07. The first-order valence-corrected chi connectivity index (χ1v) is 7.07. The maximum Gasteiger partial charge on any atom is 0.245 e. The second kappa shape index (κ2) is 4.71. The van der Waals surface area contributed by atoms with Gasteiger partial charge in [-0.25, -0.2) is 0 Å². The number of nitrogens with zero attached hydrogens (tertiary/aromatic N) is 1. The van der Waals surface area contributed by atoms with Crippen LogP contribution in [0.25, 0.3) is 0 Å². The molecule has 1 atom stereocenters. The number of allylic oxidation sites excluding steroid dienone is 1. The highest BCUT2D eigenvalue weighted by molar-refractivity contribution is 6.18. The highest BCUT2D eigenvalue weighted by atomic mass is 16.5. The molecule has 2 heterocycles. The molecule has 3 N–H and O–H groups in total. The molecule has 1 spiro atoms. The first-order valence-electron chi connectivity index (χ1n) is 7.07. The number of rotatable bonds is 1. The van der Waals surface area contributed by atoms with Crippen LogP contribution in [0.4, 0.5) is 5.69 Å². The Morgan fingerprint density at radius 2 is 2.09 bits per heavy atom. The van der Waals surface area contributed by atoms with Gasteiger partial charge in [0.2, 0.25) is 11.8 Å². The Labute approximate surface area is 133 Å². The van der Waals surface area contributed by atoms with Gasteiger partial charge in [0.05, 0.1) is 5.57 Å². The van der Waals surface area contributed by atoms with Crippen molar-refractivity contribution in [2.24, 2.45) is 5.73 Å². The normalized spacial score (nSPS) is 22.6. The third-order valence-corrected chi connectivity index (χ3v) is 4.24. The molecule has 0 bridgehead atoms. The number of Topliss-reactive ketones (excluding diaryl/α,β-unsaturated/α-hetero) is 1. The van der Waals surface area contributed by atoms with Crippen molar-refractivity contribution < 1.29 is 14.3 Å². The lowest BCUT2D eigenvalue weighted by atomic mass is 9.67. The van der Waals surface area contributed by atoms with Crippen molar-refractivity contribution in [1.29, 1.82) is 5.26 Å². The molecule has 6 heteroatoms. The van der Waals surface area contributed by atoms with Crippen LogP contribution in [0, 0.1) is 18.3 Å². The SMILES string of the molecule is CC(=O)C1=C(C)OC(N)=C(C#N)C12C(=O)Nc1ccc(C)cc12. The summed E-state index contributed by atoms with van der Waals surface area (Å²) in [7, 11) is 0. The number of nitriles is 1. The van der Waals surface area contributed by atoms with E-state index in [1.807, 2.05) is 19.1 Å². The van der Waals surface area contributed by atoms with E-state index in [4.69, 9.17) is 10.5 Å². The van der Waals surface area contributed by atoms with Gasteiger partial charge in [-0.1, -0.05) is 17.7 Å². The summed E-state index contributed by atoms with van der Waals surface area (Å²) >= 11 is 0. The van der Waals surface area contributed by atoms with Gasteiger partial charge >= 0.3 is 0 Å². The van der Waals surface area contributed by atoms with Crippen LogP contribution in [0.2, 0.25) is 0 Å². The topological polar surface area (TPSA) is 105 Å². The van der Waals surface area contributed by atoms with Gasteiger partial charge in [-0.3, -0.25) is 9.59 Å². The lowest BCUT2D eigenvalue weighted by Crippen LogP contribution is -2.44. The lowest BCUT2D eigenvalue weighted by Gasteiger charge is -2.34. The monoisotopic (exact) mass is 309 g/mol. The van der Waals surface area contributed by atoms with Gasteiger partial charge < -0.3 is 15.8 Å². The Morgan fingerprint density at radius 1 is 1.39 bits per heavy atom. The van der Waals surface area contributed by atoms with Crippen molar-refractivity contribution in [1.82, 2.24) is 0 Å². The number of amides is 1. The molecule has 0 fully saturated rings. The van der Waals surface area contributed by atoms with Gasteiger partial charge in [-0.2, -0.15) is 5.26 Å². The largest absolute Gasteiger partial charge is 0.445 e. The van der Waals surface area contributed by atoms with E-state index in [-0.39, 0.29) is 28.6 Å². The average molecular weight is 309 g/mol. The molecule has 116 valence electrons. The number of carbonyl (C=O) groups is 2. The summed E-state index contributed by atoms with van der Waals surface area (Å²) in [4.78, 5) is 25.2. The quantitative estimate of drug-likeness (QED) is 0.822. The van der Waals surface area contributed by atoms with Crippen LogP contribution < -0.4 is 11.1 Å². The highest BCUT2D eigenvalue weighted by Gasteiger charge is 2.58. The molecule has 2 aliphatic heterocycles. The van der Waals surface area contributed by atoms with E-state index in [0.717, 1.165) is 5.56 Å². The first kappa shape index (κ1) is 14.9. The Kier molecular flexibility index (Phi) is 3.04. The fraction of sp³-hybridized carbons (Fsp3) is 0.235. The van der Waals surface area contributed by atoms with Gasteiger partial charge in [0.1, 0.15) is 22.8 Å². The summed E-state index contributed by atoms with van der Waals surface area (Å²) in [6.07, 6.45) is 0. The minimum absolute atomic E-state index is 0.0600. The smallest absolute Gasteiger partial charge is 0.245 e. The number of aryl methyl sites for hydroxylation is 1. The fourth-order valence-electron chi connectivity index (χ4n) is 3.40. The number of fused-ring (bicyclic) bond motifs is 2. The summed E-state index contributed by atoms with van der Waals surface area (Å²) in [5.41, 5.74) is 6.42. The number of hydrogen-bond donors (Lipinski definition) is 2. The molecule has 0 aliphatic carbocycles. The lowest BCUT2D eigenvalue weighted by molar-refractivity contribution is -0.122. The molecule has 1 unspecified atom stereocenters. The molecule has 23 heavy (non-hydrogen) atoms. The van der Waals surface area contributed by atoms with Crippen LogP contribution in [-0.4, -0.2) is 11.7 Å². The number of hydrogen-bond acceptors (Lipinski definition) is 5. The van der Waals surface area contributed by atoms with E-state index < -0.39 is 11.3 Å². The van der Waals surface area contributed by atoms with Crippen LogP contribution in [0.15, 0.2) is 41.0 Å². The molecule has 2 aliphatic rings. The van der Waals surface area contributed by atoms with Crippen LogP contribution in [0.5, 0.6) is 0 Å². The number of ketones is 1. The minimum atomic E-state index is -1.55. The molecule has 0 aromatic heterocycles. The number of ether oxygens (including phenoxy) is 1. The molecule has 0 saturated carbocycles. The van der Waals surface area contributed by atoms with Crippen molar-refractivity contribution in [3.8, 4) is 6.07 Å². The number of nitrogens with one attached hydrogen (secondary N) is 1. The standard InChI is InChI=1S/C17H15N3O3/c1-8-4-5-13-11(6-8)17(16(22)20-13)12(7-18)15(19)23-10(3)14(17)9(2)21/h4-6H,19H2,1-3H3,(H,20,22). The van der Waals surface area contributed by atoms with Gasteiger partial charge in [0, 0.05) is 11.3 Å². The second-order valence-electron chi connectivity index (χ2n) is 5.69. The van der Waals surface area contributed by atoms with Crippen LogP contribution in [-0.2, 0) is 19.7 Å². The van der Waals surface area contributed by atoms with E-state index in [9.17, 15) is 14.9 Å². The predicted octanol–water partition coefficient (Wildman–Crippen LogP) is 1.77. The van der Waals surface area contributed by atoms with Crippen molar-refractivity contribution in [3.05, 3.63) is 52.1 Å². The van der Waals surface area contributed by atoms with Crippen LogP contribution in [0.1, 0.15) is 25.0 Å². The zero-order chi connectivity index (χ0) is 16.9. The predicted molar refractivity (Wildman–Crippen MR) is 82.8 cm³/mol. The van der Waals surface area contributed by atoms with Crippen LogP contribution in [0.3, 0.4) is 0 Å². The molecule has 0 radical (unpaired) electrons. The zero-order valence-corrected chi connectivity index (χ0v) is 13.0. The van der Waals surface area contributed by atoms with Gasteiger partial charge in [-0.05, 0) is 26.8 Å². The number of benzene rings is 1. The van der Waals surface area contributed by atoms with E-state index in [2.05, 4.69) is 5.32 Å². The van der Waals surface area contributed by atoms with Gasteiger partial charge in [0.15, 0.2) is 5.78 Å². The average Bonchev–Trinajstić information content (AvgIpc) is 2.72. The van der Waals surface area contributed by atoms with E-state index in [0.29, 0.717) is 11.3 Å². The summed E-state index contributed by atoms with van der Waals surface area (Å²) in [5.74, 6) is -0.726. The molecular weight excluding hydrogens is 294 g/mol. The van der Waals surface area contributed by atoms with Gasteiger partial charge in [-0.15, -0.1) is 0 Å². The number of nitrogens with two attached hydrogens (primary N) is 1. The first-order chi connectivity index (χ1) is 10.8. The molecule has 0 saturated heterocycles. The number of anilines is 1. The molecule has 3 rings (SSSR count). The third-order valence-electron chi connectivity index (χ3n) is 4.24. The van der Waals surface area contributed by atoms with Crippen molar-refractivity contribution in [2.45, 2.75) is 26.2 Å². The number of carbonyl (C=O) groups excluding carboxylic acids is 2. The summed E-state index contributed by atoms with van der Waals surface area (Å²) < 4.78 is 5.36. The summed E-state index contributed by atoms with van der Waals surface area (Å²) in [5, 5.41) is 12.4. The third kappa shape index (κ3) is 1.73. The van der Waals surface area contributed by atoms with E-state index in [1.54, 1.807) is 19.1 Å². The van der Waals surface area contributed by atoms with E-state index >= 15 is 0 Å². The second-order valence-corrected chi connectivity index (χ2v) is 5.69. The Bertz CT molecular complexity index is 874. The maximum absolute atomic E-state index is 12.9. The molecule has 1 aromatic carbocycles. The molecule has 1 aromatic rings. The summed E-state index contributed by atoms with van der Waals surface area (Å²) in [6, 6.07) is 7.36. The van der Waals surface area contributed by atoms with Crippen LogP contribution >= 0.6 is 0 Å². The van der Waals surface area contributed by atoms with Crippen molar-refractivity contribution in [3.63, 3.8) is 0 Å². The van der Waals surface area contributed by atoms with E-state index in [1.165, 1.54) is 6.92 Å². The summed E-state index contributed by atoms with van der Waals surface area (Å²) in [6.45, 7) is 4.79. The maximum atomic E-state index is 12.9. The highest BCUT2D eigenvalue weighted by Crippen LogP contribution is 2.51. The molecule has 1 amide bonds.